The minimum atomic E-state index is 0.505. The second-order valence-corrected chi connectivity index (χ2v) is 5.32. The molecule has 3 nitrogen and oxygen atoms in total. The van der Waals surface area contributed by atoms with E-state index in [1.807, 2.05) is 18.2 Å². The third-order valence-electron chi connectivity index (χ3n) is 3.74. The van der Waals surface area contributed by atoms with Crippen LogP contribution in [0.2, 0.25) is 0 Å². The summed E-state index contributed by atoms with van der Waals surface area (Å²) in [7, 11) is 1.69. The van der Waals surface area contributed by atoms with Crippen molar-refractivity contribution in [2.45, 2.75) is 32.8 Å². The summed E-state index contributed by atoms with van der Waals surface area (Å²) in [5.74, 6) is 1.74. The Morgan fingerprint density at radius 1 is 1.00 bits per heavy atom. The summed E-state index contributed by atoms with van der Waals surface area (Å²) in [6.45, 7) is 3.36. The van der Waals surface area contributed by atoms with Gasteiger partial charge in [-0.15, -0.1) is 0 Å². The highest BCUT2D eigenvalue weighted by atomic mass is 16.5. The molecule has 2 aromatic rings. The van der Waals surface area contributed by atoms with Crippen molar-refractivity contribution in [3.63, 3.8) is 0 Å². The first-order chi connectivity index (χ1) is 10.8. The van der Waals surface area contributed by atoms with Gasteiger partial charge in [0.1, 0.15) is 18.1 Å². The third-order valence-corrected chi connectivity index (χ3v) is 3.74. The standard InChI is InChI=1S/C19H25NO2/c1-3-15-6-9-18(10-7-15)22-14-17-13-16(5-4-12-20)8-11-19(17)21-2/h6-11,13H,3-5,12,14,20H2,1-2H3. The quantitative estimate of drug-likeness (QED) is 0.808. The second-order valence-electron chi connectivity index (χ2n) is 5.32. The van der Waals surface area contributed by atoms with Gasteiger partial charge < -0.3 is 15.2 Å². The molecule has 0 heterocycles. The van der Waals surface area contributed by atoms with Crippen LogP contribution in [-0.2, 0) is 19.4 Å². The lowest BCUT2D eigenvalue weighted by Gasteiger charge is -2.12. The molecule has 0 radical (unpaired) electrons. The highest BCUT2D eigenvalue weighted by molar-refractivity contribution is 5.37. The zero-order valence-electron chi connectivity index (χ0n) is 13.5. The number of rotatable bonds is 8. The monoisotopic (exact) mass is 299 g/mol. The number of hydrogen-bond acceptors (Lipinski definition) is 3. The maximum absolute atomic E-state index is 5.89. The largest absolute Gasteiger partial charge is 0.496 e. The maximum atomic E-state index is 5.89. The molecule has 0 aliphatic rings. The zero-order chi connectivity index (χ0) is 15.8. The van der Waals surface area contributed by atoms with Crippen molar-refractivity contribution in [3.05, 3.63) is 59.2 Å². The normalized spacial score (nSPS) is 10.5. The van der Waals surface area contributed by atoms with Crippen molar-refractivity contribution in [3.8, 4) is 11.5 Å². The predicted molar refractivity (Wildman–Crippen MR) is 90.5 cm³/mol. The molecule has 0 bridgehead atoms. The van der Waals surface area contributed by atoms with Crippen LogP contribution < -0.4 is 15.2 Å². The first-order valence-electron chi connectivity index (χ1n) is 7.84. The molecule has 0 aliphatic carbocycles. The molecule has 22 heavy (non-hydrogen) atoms. The molecule has 2 rings (SSSR count). The lowest BCUT2D eigenvalue weighted by Crippen LogP contribution is -2.03. The fraction of sp³-hybridized carbons (Fsp3) is 0.368. The van der Waals surface area contributed by atoms with E-state index in [1.165, 1.54) is 11.1 Å². The Bertz CT molecular complexity index is 578. The smallest absolute Gasteiger partial charge is 0.125 e. The fourth-order valence-corrected chi connectivity index (χ4v) is 2.39. The third kappa shape index (κ3) is 4.50. The van der Waals surface area contributed by atoms with Gasteiger partial charge in [0.05, 0.1) is 7.11 Å². The maximum Gasteiger partial charge on any atom is 0.125 e. The van der Waals surface area contributed by atoms with E-state index in [4.69, 9.17) is 15.2 Å². The van der Waals surface area contributed by atoms with Crippen LogP contribution in [-0.4, -0.2) is 13.7 Å². The van der Waals surface area contributed by atoms with Gasteiger partial charge in [0.2, 0.25) is 0 Å². The molecular formula is C19H25NO2. The van der Waals surface area contributed by atoms with Gasteiger partial charge in [-0.05, 0) is 61.2 Å². The molecule has 0 spiro atoms. The molecule has 0 saturated heterocycles. The van der Waals surface area contributed by atoms with E-state index >= 15 is 0 Å². The Balaban J connectivity index is 2.05. The SMILES string of the molecule is CCc1ccc(OCc2cc(CCCN)ccc2OC)cc1. The van der Waals surface area contributed by atoms with Crippen molar-refractivity contribution < 1.29 is 9.47 Å². The van der Waals surface area contributed by atoms with Crippen molar-refractivity contribution in [1.82, 2.24) is 0 Å². The lowest BCUT2D eigenvalue weighted by atomic mass is 10.1. The summed E-state index contributed by atoms with van der Waals surface area (Å²) in [4.78, 5) is 0. The molecule has 0 atom stereocenters. The summed E-state index contributed by atoms with van der Waals surface area (Å²) in [5.41, 5.74) is 9.23. The zero-order valence-corrected chi connectivity index (χ0v) is 13.5. The Labute approximate surface area is 133 Å². The average Bonchev–Trinajstić information content (AvgIpc) is 2.58. The molecule has 0 aliphatic heterocycles. The van der Waals surface area contributed by atoms with Crippen LogP contribution in [0.4, 0.5) is 0 Å². The van der Waals surface area contributed by atoms with E-state index in [1.54, 1.807) is 7.11 Å². The van der Waals surface area contributed by atoms with E-state index < -0.39 is 0 Å². The molecule has 0 saturated carbocycles. The van der Waals surface area contributed by atoms with E-state index in [0.717, 1.165) is 36.3 Å². The highest BCUT2D eigenvalue weighted by Gasteiger charge is 2.06. The van der Waals surface area contributed by atoms with E-state index in [-0.39, 0.29) is 0 Å². The first-order valence-corrected chi connectivity index (χ1v) is 7.84. The minimum Gasteiger partial charge on any atom is -0.496 e. The van der Waals surface area contributed by atoms with Gasteiger partial charge in [0.15, 0.2) is 0 Å². The van der Waals surface area contributed by atoms with Gasteiger partial charge in [0.25, 0.3) is 0 Å². The first kappa shape index (κ1) is 16.4. The van der Waals surface area contributed by atoms with Gasteiger partial charge >= 0.3 is 0 Å². The number of aryl methyl sites for hydroxylation is 2. The van der Waals surface area contributed by atoms with Crippen LogP contribution in [0.5, 0.6) is 11.5 Å². The van der Waals surface area contributed by atoms with Crippen LogP contribution in [0.15, 0.2) is 42.5 Å². The van der Waals surface area contributed by atoms with Crippen LogP contribution in [0.3, 0.4) is 0 Å². The van der Waals surface area contributed by atoms with Gasteiger partial charge in [-0.1, -0.05) is 25.1 Å². The van der Waals surface area contributed by atoms with Crippen molar-refractivity contribution >= 4 is 0 Å². The molecule has 0 aromatic heterocycles. The van der Waals surface area contributed by atoms with Gasteiger partial charge in [-0.25, -0.2) is 0 Å². The summed E-state index contributed by atoms with van der Waals surface area (Å²) in [6, 6.07) is 14.5. The minimum absolute atomic E-state index is 0.505. The summed E-state index contributed by atoms with van der Waals surface area (Å²) < 4.78 is 11.3. The Hall–Kier alpha value is -2.00. The molecule has 118 valence electrons. The average molecular weight is 299 g/mol. The van der Waals surface area contributed by atoms with Crippen LogP contribution >= 0.6 is 0 Å². The van der Waals surface area contributed by atoms with Crippen LogP contribution in [0.25, 0.3) is 0 Å². The number of ether oxygens (including phenoxy) is 2. The topological polar surface area (TPSA) is 44.5 Å². The summed E-state index contributed by atoms with van der Waals surface area (Å²) in [5, 5.41) is 0. The molecule has 2 N–H and O–H groups in total. The molecule has 0 unspecified atom stereocenters. The molecule has 3 heteroatoms. The molecule has 0 amide bonds. The van der Waals surface area contributed by atoms with Crippen molar-refractivity contribution in [2.75, 3.05) is 13.7 Å². The molecule has 2 aromatic carbocycles. The predicted octanol–water partition coefficient (Wildman–Crippen LogP) is 3.73. The Kier molecular flexibility index (Phi) is 6.28. The Morgan fingerprint density at radius 3 is 2.36 bits per heavy atom. The summed E-state index contributed by atoms with van der Waals surface area (Å²) >= 11 is 0. The van der Waals surface area contributed by atoms with Gasteiger partial charge in [0, 0.05) is 5.56 Å². The van der Waals surface area contributed by atoms with E-state index in [2.05, 4.69) is 31.2 Å². The number of methoxy groups -OCH3 is 1. The van der Waals surface area contributed by atoms with Crippen LogP contribution in [0.1, 0.15) is 30.0 Å². The highest BCUT2D eigenvalue weighted by Crippen LogP contribution is 2.23. The second kappa shape index (κ2) is 8.44. The van der Waals surface area contributed by atoms with Crippen molar-refractivity contribution in [2.24, 2.45) is 5.73 Å². The van der Waals surface area contributed by atoms with Gasteiger partial charge in [-0.3, -0.25) is 0 Å². The van der Waals surface area contributed by atoms with Gasteiger partial charge in [-0.2, -0.15) is 0 Å². The molecule has 0 fully saturated rings. The fourth-order valence-electron chi connectivity index (χ4n) is 2.39. The number of nitrogens with two attached hydrogens (primary N) is 1. The Morgan fingerprint density at radius 2 is 1.73 bits per heavy atom. The number of hydrogen-bond donors (Lipinski definition) is 1. The summed E-state index contributed by atoms with van der Waals surface area (Å²) in [6.07, 6.45) is 3.01. The lowest BCUT2D eigenvalue weighted by molar-refractivity contribution is 0.296. The molecular weight excluding hydrogens is 274 g/mol. The van der Waals surface area contributed by atoms with Crippen LogP contribution in [0, 0.1) is 0 Å². The van der Waals surface area contributed by atoms with E-state index in [9.17, 15) is 0 Å². The van der Waals surface area contributed by atoms with Crippen molar-refractivity contribution in [1.29, 1.82) is 0 Å². The van der Waals surface area contributed by atoms with E-state index in [0.29, 0.717) is 13.2 Å². The number of benzene rings is 2.